The van der Waals surface area contributed by atoms with Gasteiger partial charge >= 0.3 is 12.5 Å². The van der Waals surface area contributed by atoms with Crippen LogP contribution in [0.2, 0.25) is 0 Å². The highest BCUT2D eigenvalue weighted by Gasteiger charge is 2.25. The predicted molar refractivity (Wildman–Crippen MR) is 63.7 cm³/mol. The maximum Gasteiger partial charge on any atom is 0.319 e. The fourth-order valence-corrected chi connectivity index (χ4v) is 2.44. The van der Waals surface area contributed by atoms with Gasteiger partial charge in [-0.1, -0.05) is 0 Å². The van der Waals surface area contributed by atoms with Crippen molar-refractivity contribution >= 4 is 5.97 Å². The van der Waals surface area contributed by atoms with E-state index in [4.69, 9.17) is 5.11 Å². The molecule has 19 heavy (non-hydrogen) atoms. The smallest absolute Gasteiger partial charge is 0.319 e. The van der Waals surface area contributed by atoms with Gasteiger partial charge in [-0.2, -0.15) is 8.78 Å². The van der Waals surface area contributed by atoms with Crippen LogP contribution in [0.3, 0.4) is 0 Å². The topological polar surface area (TPSA) is 67.2 Å². The summed E-state index contributed by atoms with van der Waals surface area (Å²) in [4.78, 5) is 14.7. The lowest BCUT2D eigenvalue weighted by Gasteiger charge is -2.26. The predicted octanol–water partition coefficient (Wildman–Crippen LogP) is 2.01. The molecule has 0 aliphatic heterocycles. The number of halogens is 2. The molecule has 0 saturated heterocycles. The Morgan fingerprint density at radius 2 is 2.16 bits per heavy atom. The van der Waals surface area contributed by atoms with Crippen LogP contribution in [0.25, 0.3) is 0 Å². The second-order valence-electron chi connectivity index (χ2n) is 4.80. The summed E-state index contributed by atoms with van der Waals surface area (Å²) in [5, 5.41) is 12.1. The molecular formula is C12H17F2N3O2. The van der Waals surface area contributed by atoms with Gasteiger partial charge in [-0.25, -0.2) is 4.98 Å². The largest absolute Gasteiger partial charge is 0.481 e. The monoisotopic (exact) mass is 273 g/mol. The number of hydrogen-bond acceptors (Lipinski definition) is 3. The molecule has 0 amide bonds. The lowest BCUT2D eigenvalue weighted by atomic mass is 9.86. The number of rotatable bonds is 5. The summed E-state index contributed by atoms with van der Waals surface area (Å²) in [5.74, 6) is -0.705. The van der Waals surface area contributed by atoms with Crippen molar-refractivity contribution < 1.29 is 18.7 Å². The van der Waals surface area contributed by atoms with Gasteiger partial charge in [0.25, 0.3) is 0 Å². The molecule has 106 valence electrons. The van der Waals surface area contributed by atoms with E-state index < -0.39 is 12.5 Å². The second kappa shape index (κ2) is 6.10. The number of alkyl halides is 2. The third-order valence-corrected chi connectivity index (χ3v) is 3.58. The van der Waals surface area contributed by atoms with E-state index in [9.17, 15) is 13.6 Å². The zero-order valence-corrected chi connectivity index (χ0v) is 10.4. The number of imidazole rings is 1. The molecule has 0 spiro atoms. The van der Waals surface area contributed by atoms with E-state index in [1.807, 2.05) is 0 Å². The molecule has 0 atom stereocenters. The first-order valence-electron chi connectivity index (χ1n) is 6.34. The fraction of sp³-hybridized carbons (Fsp3) is 0.667. The molecule has 2 rings (SSSR count). The van der Waals surface area contributed by atoms with Crippen LogP contribution in [0.1, 0.15) is 38.1 Å². The van der Waals surface area contributed by atoms with E-state index in [1.165, 1.54) is 12.4 Å². The molecule has 1 aliphatic rings. The first-order valence-corrected chi connectivity index (χ1v) is 6.34. The van der Waals surface area contributed by atoms with Crippen LogP contribution in [0.15, 0.2) is 12.4 Å². The van der Waals surface area contributed by atoms with Crippen molar-refractivity contribution in [3.05, 3.63) is 18.2 Å². The molecule has 1 aromatic heterocycles. The van der Waals surface area contributed by atoms with Crippen LogP contribution in [0.4, 0.5) is 8.78 Å². The Labute approximate surface area is 109 Å². The minimum absolute atomic E-state index is 0.179. The molecule has 7 heteroatoms. The molecule has 0 bridgehead atoms. The van der Waals surface area contributed by atoms with Crippen LogP contribution in [0, 0.1) is 5.92 Å². The summed E-state index contributed by atoms with van der Waals surface area (Å²) >= 11 is 0. The van der Waals surface area contributed by atoms with Crippen LogP contribution >= 0.6 is 0 Å². The van der Waals surface area contributed by atoms with Gasteiger partial charge in [0.2, 0.25) is 0 Å². The van der Waals surface area contributed by atoms with Crippen LogP contribution in [-0.4, -0.2) is 26.7 Å². The summed E-state index contributed by atoms with van der Waals surface area (Å²) < 4.78 is 26.0. The van der Waals surface area contributed by atoms with Gasteiger partial charge in [0.05, 0.1) is 12.5 Å². The SMILES string of the molecule is O=C(O)C1CCC(NCc2nccn2C(F)F)CC1. The molecule has 0 radical (unpaired) electrons. The van der Waals surface area contributed by atoms with Gasteiger partial charge in [-0.15, -0.1) is 0 Å². The standard InChI is InChI=1S/C12H17F2N3O2/c13-12(14)17-6-5-15-10(17)7-16-9-3-1-8(2-4-9)11(18)19/h5-6,8-9,12,16H,1-4,7H2,(H,18,19). The average Bonchev–Trinajstić information content (AvgIpc) is 2.85. The van der Waals surface area contributed by atoms with Crippen molar-refractivity contribution in [2.75, 3.05) is 0 Å². The molecule has 1 fully saturated rings. The first kappa shape index (κ1) is 13.9. The van der Waals surface area contributed by atoms with E-state index in [1.54, 1.807) is 0 Å². The molecular weight excluding hydrogens is 256 g/mol. The Hall–Kier alpha value is -1.50. The number of carboxylic acids is 1. The van der Waals surface area contributed by atoms with Gasteiger partial charge in [0, 0.05) is 18.4 Å². The van der Waals surface area contributed by atoms with Crippen LogP contribution in [0.5, 0.6) is 0 Å². The summed E-state index contributed by atoms with van der Waals surface area (Å²) in [6.45, 7) is -2.30. The number of aliphatic carboxylic acids is 1. The van der Waals surface area contributed by atoms with Crippen LogP contribution < -0.4 is 5.32 Å². The van der Waals surface area contributed by atoms with Crippen molar-refractivity contribution in [3.8, 4) is 0 Å². The minimum atomic E-state index is -2.58. The van der Waals surface area contributed by atoms with Gasteiger partial charge in [0.1, 0.15) is 5.82 Å². The second-order valence-corrected chi connectivity index (χ2v) is 4.80. The van der Waals surface area contributed by atoms with Gasteiger partial charge < -0.3 is 10.4 Å². The fourth-order valence-electron chi connectivity index (χ4n) is 2.44. The average molecular weight is 273 g/mol. The Morgan fingerprint density at radius 1 is 1.47 bits per heavy atom. The van der Waals surface area contributed by atoms with Crippen LogP contribution in [-0.2, 0) is 11.3 Å². The lowest BCUT2D eigenvalue weighted by molar-refractivity contribution is -0.142. The van der Waals surface area contributed by atoms with Crippen molar-refractivity contribution in [2.24, 2.45) is 5.92 Å². The molecule has 1 saturated carbocycles. The number of aromatic nitrogens is 2. The van der Waals surface area contributed by atoms with E-state index >= 15 is 0 Å². The van der Waals surface area contributed by atoms with Crippen molar-refractivity contribution in [1.82, 2.24) is 14.9 Å². The Morgan fingerprint density at radius 3 is 2.74 bits per heavy atom. The highest BCUT2D eigenvalue weighted by molar-refractivity contribution is 5.70. The van der Waals surface area contributed by atoms with E-state index in [-0.39, 0.29) is 18.5 Å². The number of carbonyl (C=O) groups is 1. The van der Waals surface area contributed by atoms with E-state index in [0.717, 1.165) is 17.4 Å². The first-order chi connectivity index (χ1) is 9.08. The molecule has 5 nitrogen and oxygen atoms in total. The quantitative estimate of drug-likeness (QED) is 0.861. The number of hydrogen-bond donors (Lipinski definition) is 2. The Bertz CT molecular complexity index is 428. The molecule has 0 unspecified atom stereocenters. The summed E-state index contributed by atoms with van der Waals surface area (Å²) in [5.41, 5.74) is 0. The Kier molecular flexibility index (Phi) is 4.47. The highest BCUT2D eigenvalue weighted by Crippen LogP contribution is 2.24. The number of carboxylic acid groups (broad SMARTS) is 1. The molecule has 1 aromatic rings. The Balaban J connectivity index is 1.80. The number of nitrogens with one attached hydrogen (secondary N) is 1. The minimum Gasteiger partial charge on any atom is -0.481 e. The molecule has 2 N–H and O–H groups in total. The maximum atomic E-state index is 12.6. The van der Waals surface area contributed by atoms with E-state index in [2.05, 4.69) is 10.3 Å². The summed E-state index contributed by atoms with van der Waals surface area (Å²) in [6, 6.07) is 0.179. The van der Waals surface area contributed by atoms with Crippen molar-refractivity contribution in [1.29, 1.82) is 0 Å². The molecule has 1 heterocycles. The maximum absolute atomic E-state index is 12.6. The third kappa shape index (κ3) is 3.50. The summed E-state index contributed by atoms with van der Waals surface area (Å²) in [7, 11) is 0. The summed E-state index contributed by atoms with van der Waals surface area (Å²) in [6.07, 6.45) is 5.39. The van der Waals surface area contributed by atoms with Gasteiger partial charge in [0.15, 0.2) is 0 Å². The lowest BCUT2D eigenvalue weighted by Crippen LogP contribution is -2.35. The van der Waals surface area contributed by atoms with Gasteiger partial charge in [-0.05, 0) is 25.7 Å². The van der Waals surface area contributed by atoms with Crippen molar-refractivity contribution in [3.63, 3.8) is 0 Å². The highest BCUT2D eigenvalue weighted by atomic mass is 19.3. The molecule has 1 aliphatic carbocycles. The number of nitrogens with zero attached hydrogens (tertiary/aromatic N) is 2. The molecule has 0 aromatic carbocycles. The normalized spacial score (nSPS) is 23.7. The third-order valence-electron chi connectivity index (χ3n) is 3.58. The van der Waals surface area contributed by atoms with E-state index in [0.29, 0.717) is 18.7 Å². The zero-order valence-electron chi connectivity index (χ0n) is 10.4. The van der Waals surface area contributed by atoms with Crippen molar-refractivity contribution in [2.45, 2.75) is 44.8 Å². The zero-order chi connectivity index (χ0) is 13.8. The van der Waals surface area contributed by atoms with Gasteiger partial charge in [-0.3, -0.25) is 9.36 Å².